The molecule has 0 aliphatic carbocycles. The van der Waals surface area contributed by atoms with Crippen LogP contribution in [0.5, 0.6) is 0 Å². The molecule has 0 aliphatic heterocycles. The second-order valence-corrected chi connectivity index (χ2v) is 6.65. The van der Waals surface area contributed by atoms with Gasteiger partial charge in [-0.25, -0.2) is 4.79 Å². The van der Waals surface area contributed by atoms with E-state index in [0.29, 0.717) is 12.2 Å². The van der Waals surface area contributed by atoms with Crippen molar-refractivity contribution in [2.75, 3.05) is 18.6 Å². The highest BCUT2D eigenvalue weighted by molar-refractivity contribution is 7.17. The maximum absolute atomic E-state index is 13.0. The van der Waals surface area contributed by atoms with Crippen molar-refractivity contribution in [3.63, 3.8) is 0 Å². The van der Waals surface area contributed by atoms with Gasteiger partial charge in [-0.05, 0) is 43.0 Å². The van der Waals surface area contributed by atoms with E-state index >= 15 is 0 Å². The molecule has 3 aromatic rings. The monoisotopic (exact) mass is 356 g/mol. The average Bonchev–Trinajstić information content (AvgIpc) is 3.19. The fourth-order valence-corrected chi connectivity index (χ4v) is 3.81. The molecule has 0 fully saturated rings. The van der Waals surface area contributed by atoms with Gasteiger partial charge in [0.25, 0.3) is 0 Å². The van der Waals surface area contributed by atoms with Gasteiger partial charge in [0.2, 0.25) is 5.91 Å². The van der Waals surface area contributed by atoms with Crippen LogP contribution in [0.2, 0.25) is 0 Å². The third-order valence-corrected chi connectivity index (χ3v) is 5.09. The van der Waals surface area contributed by atoms with E-state index in [-0.39, 0.29) is 12.5 Å². The zero-order valence-corrected chi connectivity index (χ0v) is 15.3. The van der Waals surface area contributed by atoms with Gasteiger partial charge >= 0.3 is 5.97 Å². The standard InChI is InChI=1S/C19H20N2O3S/c1-4-20(14-8-6-5-7-13(14)2)18(22)12-21-15-9-10-25-17(15)11-16(21)19(23)24-3/h5-11H,4,12H2,1-3H3. The van der Waals surface area contributed by atoms with Gasteiger partial charge in [0.15, 0.2) is 0 Å². The van der Waals surface area contributed by atoms with Crippen molar-refractivity contribution in [2.24, 2.45) is 0 Å². The predicted octanol–water partition coefficient (Wildman–Crippen LogP) is 3.85. The van der Waals surface area contributed by atoms with Crippen LogP contribution in [0.1, 0.15) is 23.0 Å². The number of rotatable bonds is 5. The smallest absolute Gasteiger partial charge is 0.354 e. The minimum Gasteiger partial charge on any atom is -0.464 e. The number of nitrogens with zero attached hydrogens (tertiary/aromatic N) is 2. The lowest BCUT2D eigenvalue weighted by Gasteiger charge is -2.23. The van der Waals surface area contributed by atoms with Crippen molar-refractivity contribution in [1.82, 2.24) is 4.57 Å². The number of hydrogen-bond donors (Lipinski definition) is 0. The molecule has 0 bridgehead atoms. The van der Waals surface area contributed by atoms with Crippen molar-refractivity contribution in [2.45, 2.75) is 20.4 Å². The predicted molar refractivity (Wildman–Crippen MR) is 100 cm³/mol. The summed E-state index contributed by atoms with van der Waals surface area (Å²) < 4.78 is 7.57. The molecule has 3 rings (SSSR count). The number of fused-ring (bicyclic) bond motifs is 1. The number of likely N-dealkylation sites (N-methyl/N-ethyl adjacent to an activating group) is 1. The average molecular weight is 356 g/mol. The Labute approximate surface area is 150 Å². The van der Waals surface area contributed by atoms with Crippen LogP contribution < -0.4 is 4.90 Å². The lowest BCUT2D eigenvalue weighted by atomic mass is 10.2. The van der Waals surface area contributed by atoms with Gasteiger partial charge in [0.05, 0.1) is 17.3 Å². The summed E-state index contributed by atoms with van der Waals surface area (Å²) in [5.41, 5.74) is 3.21. The second-order valence-electron chi connectivity index (χ2n) is 5.70. The largest absolute Gasteiger partial charge is 0.464 e. The molecule has 0 saturated heterocycles. The molecule has 130 valence electrons. The third kappa shape index (κ3) is 3.17. The van der Waals surface area contributed by atoms with Crippen molar-refractivity contribution in [1.29, 1.82) is 0 Å². The number of aryl methyl sites for hydroxylation is 1. The van der Waals surface area contributed by atoms with Crippen molar-refractivity contribution >= 4 is 39.1 Å². The number of ether oxygens (including phenoxy) is 1. The van der Waals surface area contributed by atoms with E-state index in [1.54, 1.807) is 15.5 Å². The number of esters is 1. The Kier molecular flexibility index (Phi) is 4.90. The lowest BCUT2D eigenvalue weighted by Crippen LogP contribution is -2.34. The number of amides is 1. The van der Waals surface area contributed by atoms with Gasteiger partial charge in [-0.2, -0.15) is 0 Å². The number of benzene rings is 1. The first-order valence-corrected chi connectivity index (χ1v) is 8.95. The van der Waals surface area contributed by atoms with E-state index in [1.807, 2.05) is 49.6 Å². The summed E-state index contributed by atoms with van der Waals surface area (Å²) in [5.74, 6) is -0.499. The van der Waals surface area contributed by atoms with Crippen LogP contribution in [0, 0.1) is 6.92 Å². The van der Waals surface area contributed by atoms with E-state index in [4.69, 9.17) is 4.74 Å². The van der Waals surface area contributed by atoms with Crippen molar-refractivity contribution in [3.8, 4) is 0 Å². The maximum atomic E-state index is 13.0. The molecule has 6 heteroatoms. The number of thiophene rings is 1. The van der Waals surface area contributed by atoms with Gasteiger partial charge in [0.1, 0.15) is 12.2 Å². The summed E-state index contributed by atoms with van der Waals surface area (Å²) >= 11 is 1.54. The zero-order chi connectivity index (χ0) is 18.0. The summed E-state index contributed by atoms with van der Waals surface area (Å²) in [6.45, 7) is 4.58. The van der Waals surface area contributed by atoms with Gasteiger partial charge in [0, 0.05) is 12.2 Å². The molecule has 0 N–H and O–H groups in total. The Balaban J connectivity index is 1.97. The summed E-state index contributed by atoms with van der Waals surface area (Å²) in [5, 5.41) is 1.95. The molecule has 0 saturated carbocycles. The van der Waals surface area contributed by atoms with E-state index in [9.17, 15) is 9.59 Å². The maximum Gasteiger partial charge on any atom is 0.354 e. The Morgan fingerprint density at radius 3 is 2.68 bits per heavy atom. The Hall–Kier alpha value is -2.60. The van der Waals surface area contributed by atoms with Gasteiger partial charge < -0.3 is 14.2 Å². The number of anilines is 1. The normalized spacial score (nSPS) is 10.8. The molecule has 2 heterocycles. The molecule has 0 atom stereocenters. The molecule has 1 amide bonds. The quantitative estimate of drug-likeness (QED) is 0.653. The number of methoxy groups -OCH3 is 1. The fourth-order valence-electron chi connectivity index (χ4n) is 2.99. The van der Waals surface area contributed by atoms with Crippen molar-refractivity contribution < 1.29 is 14.3 Å². The summed E-state index contributed by atoms with van der Waals surface area (Å²) in [6.07, 6.45) is 0. The summed E-state index contributed by atoms with van der Waals surface area (Å²) in [6, 6.07) is 11.5. The number of carbonyl (C=O) groups excluding carboxylic acids is 2. The molecule has 0 radical (unpaired) electrons. The van der Waals surface area contributed by atoms with Gasteiger partial charge in [-0.1, -0.05) is 18.2 Å². The van der Waals surface area contributed by atoms with Crippen LogP contribution in [-0.4, -0.2) is 30.1 Å². The number of para-hydroxylation sites is 1. The lowest BCUT2D eigenvalue weighted by molar-refractivity contribution is -0.119. The number of hydrogen-bond acceptors (Lipinski definition) is 4. The molecule has 2 aromatic heterocycles. The first-order valence-electron chi connectivity index (χ1n) is 8.07. The molecule has 0 unspecified atom stereocenters. The minimum atomic E-state index is -0.435. The second kappa shape index (κ2) is 7.11. The van der Waals surface area contributed by atoms with Crippen LogP contribution in [0.3, 0.4) is 0 Å². The highest BCUT2D eigenvalue weighted by Gasteiger charge is 2.22. The first kappa shape index (κ1) is 17.2. The van der Waals surface area contributed by atoms with E-state index in [1.165, 1.54) is 18.4 Å². The van der Waals surface area contributed by atoms with E-state index in [2.05, 4.69) is 0 Å². The Morgan fingerprint density at radius 1 is 1.24 bits per heavy atom. The van der Waals surface area contributed by atoms with Crippen LogP contribution >= 0.6 is 11.3 Å². The first-order chi connectivity index (χ1) is 12.1. The van der Waals surface area contributed by atoms with Crippen LogP contribution in [0.15, 0.2) is 41.8 Å². The number of aromatic nitrogens is 1. The third-order valence-electron chi connectivity index (χ3n) is 4.23. The highest BCUT2D eigenvalue weighted by Crippen LogP contribution is 2.27. The number of carbonyl (C=O) groups is 2. The fraction of sp³-hybridized carbons (Fsp3) is 0.263. The van der Waals surface area contributed by atoms with Crippen molar-refractivity contribution in [3.05, 3.63) is 53.0 Å². The molecular formula is C19H20N2O3S. The van der Waals surface area contributed by atoms with Crippen LogP contribution in [0.25, 0.3) is 10.2 Å². The SMILES string of the molecule is CCN(C(=O)Cn1c(C(=O)OC)cc2sccc21)c1ccccc1C. The van der Waals surface area contributed by atoms with Crippen LogP contribution in [0.4, 0.5) is 5.69 Å². The van der Waals surface area contributed by atoms with E-state index in [0.717, 1.165) is 21.5 Å². The molecule has 25 heavy (non-hydrogen) atoms. The topological polar surface area (TPSA) is 51.5 Å². The summed E-state index contributed by atoms with van der Waals surface area (Å²) in [4.78, 5) is 26.8. The highest BCUT2D eigenvalue weighted by atomic mass is 32.1. The Morgan fingerprint density at radius 2 is 2.00 bits per heavy atom. The zero-order valence-electron chi connectivity index (χ0n) is 14.5. The molecule has 0 aliphatic rings. The molecule has 1 aromatic carbocycles. The molecular weight excluding hydrogens is 336 g/mol. The summed E-state index contributed by atoms with van der Waals surface area (Å²) in [7, 11) is 1.35. The van der Waals surface area contributed by atoms with Gasteiger partial charge in [-0.15, -0.1) is 11.3 Å². The molecule has 5 nitrogen and oxygen atoms in total. The van der Waals surface area contributed by atoms with Crippen LogP contribution in [-0.2, 0) is 16.1 Å². The molecule has 0 spiro atoms. The minimum absolute atomic E-state index is 0.0642. The van der Waals surface area contributed by atoms with Gasteiger partial charge in [-0.3, -0.25) is 4.79 Å². The van der Waals surface area contributed by atoms with E-state index < -0.39 is 5.97 Å². The Bertz CT molecular complexity index is 926.